The number of carbonyl (C=O) groups excluding carboxylic acids is 2. The first-order chi connectivity index (χ1) is 14.0. The molecule has 1 aliphatic heterocycles. The number of rotatable bonds is 4. The van der Waals surface area contributed by atoms with Gasteiger partial charge in [-0.3, -0.25) is 9.59 Å². The fourth-order valence-electron chi connectivity index (χ4n) is 3.88. The second kappa shape index (κ2) is 7.83. The molecule has 0 fully saturated rings. The summed E-state index contributed by atoms with van der Waals surface area (Å²) in [6.07, 6.45) is 4.04. The molecule has 3 aromatic rings. The van der Waals surface area contributed by atoms with E-state index in [0.29, 0.717) is 16.3 Å². The van der Waals surface area contributed by atoms with Gasteiger partial charge >= 0.3 is 0 Å². The Balaban J connectivity index is 1.76. The van der Waals surface area contributed by atoms with Gasteiger partial charge in [0.1, 0.15) is 16.5 Å². The van der Waals surface area contributed by atoms with Crippen LogP contribution in [-0.4, -0.2) is 21.4 Å². The highest BCUT2D eigenvalue weighted by Gasteiger charge is 2.26. The minimum Gasteiger partial charge on any atom is -0.365 e. The first-order valence-electron chi connectivity index (χ1n) is 9.83. The van der Waals surface area contributed by atoms with Crippen molar-refractivity contribution in [2.24, 2.45) is 5.73 Å². The Bertz CT molecular complexity index is 1080. The number of benzene rings is 1. The predicted octanol–water partition coefficient (Wildman–Crippen LogP) is 4.31. The lowest BCUT2D eigenvalue weighted by molar-refractivity contribution is 0.100. The predicted molar refractivity (Wildman–Crippen MR) is 115 cm³/mol. The molecule has 2 amide bonds. The molecule has 2 aromatic heterocycles. The molecular weight excluding hydrogens is 384 g/mol. The monoisotopic (exact) mass is 408 g/mol. The van der Waals surface area contributed by atoms with Gasteiger partial charge in [0.15, 0.2) is 0 Å². The van der Waals surface area contributed by atoms with Crippen molar-refractivity contribution < 1.29 is 9.59 Å². The molecule has 4 rings (SSSR count). The number of carbonyl (C=O) groups is 2. The number of aryl methyl sites for hydroxylation is 1. The number of aromatic nitrogens is 2. The highest BCUT2D eigenvalue weighted by Crippen LogP contribution is 2.33. The van der Waals surface area contributed by atoms with Crippen molar-refractivity contribution in [2.45, 2.75) is 46.1 Å². The Morgan fingerprint density at radius 2 is 1.90 bits per heavy atom. The summed E-state index contributed by atoms with van der Waals surface area (Å²) in [6, 6.07) is 9.95. The van der Waals surface area contributed by atoms with Gasteiger partial charge in [0, 0.05) is 17.0 Å². The van der Waals surface area contributed by atoms with Crippen LogP contribution in [0, 0.1) is 13.8 Å². The molecule has 150 valence electrons. The van der Waals surface area contributed by atoms with Crippen LogP contribution in [0.3, 0.4) is 0 Å². The SMILES string of the molecule is Cc1sc(NC(=O)c2nc(-c3ccccc3)n3c2CCCCC3)c(C(N)=O)c1C. The maximum absolute atomic E-state index is 13.2. The van der Waals surface area contributed by atoms with Crippen LogP contribution in [0.15, 0.2) is 30.3 Å². The van der Waals surface area contributed by atoms with Crippen molar-refractivity contribution in [3.8, 4) is 11.4 Å². The minimum atomic E-state index is -0.532. The van der Waals surface area contributed by atoms with Gasteiger partial charge in [-0.05, 0) is 38.7 Å². The fraction of sp³-hybridized carbons (Fsp3) is 0.318. The minimum absolute atomic E-state index is 0.290. The molecule has 0 radical (unpaired) electrons. The highest BCUT2D eigenvalue weighted by molar-refractivity contribution is 7.16. The van der Waals surface area contributed by atoms with E-state index >= 15 is 0 Å². The Hall–Kier alpha value is -2.93. The number of fused-ring (bicyclic) bond motifs is 1. The quantitative estimate of drug-likeness (QED) is 0.674. The van der Waals surface area contributed by atoms with Crippen molar-refractivity contribution in [1.29, 1.82) is 0 Å². The number of thiophene rings is 1. The van der Waals surface area contributed by atoms with Crippen LogP contribution in [0.5, 0.6) is 0 Å². The standard InChI is InChI=1S/C22H24N4O2S/c1-13-14(2)29-22(17(13)19(23)27)25-21(28)18-16-11-7-4-8-12-26(16)20(24-18)15-9-5-3-6-10-15/h3,5-6,9-10H,4,7-8,11-12H2,1-2H3,(H2,23,27)(H,25,28). The third kappa shape index (κ3) is 3.58. The van der Waals surface area contributed by atoms with Gasteiger partial charge in [-0.15, -0.1) is 11.3 Å². The molecular formula is C22H24N4O2S. The van der Waals surface area contributed by atoms with E-state index in [9.17, 15) is 9.59 Å². The molecule has 6 nitrogen and oxygen atoms in total. The maximum Gasteiger partial charge on any atom is 0.276 e. The molecule has 0 spiro atoms. The molecule has 0 unspecified atom stereocenters. The van der Waals surface area contributed by atoms with Gasteiger partial charge < -0.3 is 15.6 Å². The molecule has 0 saturated carbocycles. The fourth-order valence-corrected chi connectivity index (χ4v) is 4.94. The number of anilines is 1. The number of nitrogens with one attached hydrogen (secondary N) is 1. The van der Waals surface area contributed by atoms with Crippen LogP contribution in [-0.2, 0) is 13.0 Å². The van der Waals surface area contributed by atoms with Crippen LogP contribution in [0.4, 0.5) is 5.00 Å². The number of hydrogen-bond acceptors (Lipinski definition) is 4. The van der Waals surface area contributed by atoms with Crippen molar-refractivity contribution in [2.75, 3.05) is 5.32 Å². The van der Waals surface area contributed by atoms with Gasteiger partial charge in [-0.2, -0.15) is 0 Å². The van der Waals surface area contributed by atoms with E-state index in [-0.39, 0.29) is 5.91 Å². The zero-order valence-electron chi connectivity index (χ0n) is 16.6. The smallest absolute Gasteiger partial charge is 0.276 e. The molecule has 0 saturated heterocycles. The molecule has 0 aliphatic carbocycles. The number of imidazole rings is 1. The number of nitrogens with zero attached hydrogens (tertiary/aromatic N) is 2. The second-order valence-electron chi connectivity index (χ2n) is 7.36. The zero-order valence-corrected chi connectivity index (χ0v) is 17.4. The van der Waals surface area contributed by atoms with E-state index in [1.165, 1.54) is 11.3 Å². The molecule has 0 atom stereocenters. The summed E-state index contributed by atoms with van der Waals surface area (Å²) in [5, 5.41) is 3.40. The average molecular weight is 409 g/mol. The lowest BCUT2D eigenvalue weighted by atomic mass is 10.1. The van der Waals surface area contributed by atoms with Gasteiger partial charge in [-0.1, -0.05) is 36.8 Å². The van der Waals surface area contributed by atoms with Gasteiger partial charge in [0.05, 0.1) is 11.3 Å². The summed E-state index contributed by atoms with van der Waals surface area (Å²) in [5.74, 6) is -0.00121. The van der Waals surface area contributed by atoms with Crippen molar-refractivity contribution in [1.82, 2.24) is 9.55 Å². The highest BCUT2D eigenvalue weighted by atomic mass is 32.1. The van der Waals surface area contributed by atoms with Gasteiger partial charge in [-0.25, -0.2) is 4.98 Å². The Morgan fingerprint density at radius 3 is 2.62 bits per heavy atom. The van der Waals surface area contributed by atoms with Crippen LogP contribution >= 0.6 is 11.3 Å². The molecule has 1 aliphatic rings. The summed E-state index contributed by atoms with van der Waals surface area (Å²) >= 11 is 1.37. The number of primary amides is 1. The Morgan fingerprint density at radius 1 is 1.14 bits per heavy atom. The number of hydrogen-bond donors (Lipinski definition) is 2. The molecule has 0 bridgehead atoms. The maximum atomic E-state index is 13.2. The van der Waals surface area contributed by atoms with Gasteiger partial charge in [0.2, 0.25) is 0 Å². The van der Waals surface area contributed by atoms with E-state index in [4.69, 9.17) is 10.7 Å². The summed E-state index contributed by atoms with van der Waals surface area (Å²) < 4.78 is 2.18. The van der Waals surface area contributed by atoms with Crippen molar-refractivity contribution >= 4 is 28.2 Å². The first kappa shape index (κ1) is 19.4. The second-order valence-corrected chi connectivity index (χ2v) is 8.59. The summed E-state index contributed by atoms with van der Waals surface area (Å²) in [5.41, 5.74) is 9.14. The molecule has 29 heavy (non-hydrogen) atoms. The van der Waals surface area contributed by atoms with E-state index in [1.807, 2.05) is 44.2 Å². The van der Waals surface area contributed by atoms with Crippen molar-refractivity contribution in [3.05, 3.63) is 57.7 Å². The van der Waals surface area contributed by atoms with Crippen LogP contribution < -0.4 is 11.1 Å². The normalized spacial score (nSPS) is 13.6. The van der Waals surface area contributed by atoms with E-state index in [1.54, 1.807) is 0 Å². The summed E-state index contributed by atoms with van der Waals surface area (Å²) in [4.78, 5) is 30.8. The van der Waals surface area contributed by atoms with Gasteiger partial charge in [0.25, 0.3) is 11.8 Å². The zero-order chi connectivity index (χ0) is 20.5. The van der Waals surface area contributed by atoms with Crippen LogP contribution in [0.2, 0.25) is 0 Å². The van der Waals surface area contributed by atoms with Crippen LogP contribution in [0.25, 0.3) is 11.4 Å². The van der Waals surface area contributed by atoms with E-state index < -0.39 is 5.91 Å². The topological polar surface area (TPSA) is 90.0 Å². The molecule has 1 aromatic carbocycles. The molecule has 3 N–H and O–H groups in total. The van der Waals surface area contributed by atoms with Crippen LogP contribution in [0.1, 0.15) is 56.2 Å². The lowest BCUT2D eigenvalue weighted by Gasteiger charge is -2.09. The van der Waals surface area contributed by atoms with Crippen molar-refractivity contribution in [3.63, 3.8) is 0 Å². The third-order valence-corrected chi connectivity index (χ3v) is 6.60. The number of amides is 2. The Kier molecular flexibility index (Phi) is 5.24. The first-order valence-corrected chi connectivity index (χ1v) is 10.6. The van der Waals surface area contributed by atoms with E-state index in [2.05, 4.69) is 9.88 Å². The lowest BCUT2D eigenvalue weighted by Crippen LogP contribution is -2.19. The molecule has 3 heterocycles. The number of nitrogens with two attached hydrogens (primary N) is 1. The Labute approximate surface area is 173 Å². The largest absolute Gasteiger partial charge is 0.365 e. The summed E-state index contributed by atoms with van der Waals surface area (Å²) in [6.45, 7) is 4.61. The third-order valence-electron chi connectivity index (χ3n) is 5.47. The van der Waals surface area contributed by atoms with E-state index in [0.717, 1.165) is 59.8 Å². The molecule has 7 heteroatoms. The summed E-state index contributed by atoms with van der Waals surface area (Å²) in [7, 11) is 0. The average Bonchev–Trinajstić information content (AvgIpc) is 3.08.